The van der Waals surface area contributed by atoms with Crippen LogP contribution in [0.25, 0.3) is 10.9 Å². The summed E-state index contributed by atoms with van der Waals surface area (Å²) in [6, 6.07) is 13.6. The van der Waals surface area contributed by atoms with Gasteiger partial charge in [-0.25, -0.2) is 0 Å². The Morgan fingerprint density at radius 2 is 1.89 bits per heavy atom. The topological polar surface area (TPSA) is 124 Å². The van der Waals surface area contributed by atoms with Gasteiger partial charge in [-0.2, -0.15) is 0 Å². The van der Waals surface area contributed by atoms with Crippen molar-refractivity contribution < 1.29 is 19.4 Å². The lowest BCUT2D eigenvalue weighted by Gasteiger charge is -2.31. The lowest BCUT2D eigenvalue weighted by molar-refractivity contribution is -0.126. The second-order valence-corrected chi connectivity index (χ2v) is 10.4. The first-order chi connectivity index (χ1) is 18.2. The maximum atomic E-state index is 12.9. The molecular formula is C29H39N5O4. The van der Waals surface area contributed by atoms with E-state index in [9.17, 15) is 14.7 Å². The first-order valence-electron chi connectivity index (χ1n) is 13.2. The van der Waals surface area contributed by atoms with Crippen molar-refractivity contribution in [2.24, 2.45) is 11.7 Å². The molecule has 1 aromatic heterocycles. The molecule has 0 saturated carbocycles. The Kier molecular flexibility index (Phi) is 9.04. The van der Waals surface area contributed by atoms with E-state index in [0.29, 0.717) is 36.9 Å². The number of likely N-dealkylation sites (tertiary alicyclic amines) is 1. The number of aromatic nitrogens is 1. The highest BCUT2D eigenvalue weighted by atomic mass is 16.5. The van der Waals surface area contributed by atoms with Crippen molar-refractivity contribution in [3.63, 3.8) is 0 Å². The number of amides is 2. The Hall–Kier alpha value is -3.40. The Bertz CT molecular complexity index is 1240. The molecule has 1 saturated heterocycles. The third-order valence-electron chi connectivity index (χ3n) is 7.30. The molecule has 4 rings (SSSR count). The van der Waals surface area contributed by atoms with E-state index >= 15 is 0 Å². The molecular weight excluding hydrogens is 482 g/mol. The molecule has 3 aromatic rings. The maximum absolute atomic E-state index is 12.9. The van der Waals surface area contributed by atoms with Crippen molar-refractivity contribution in [2.45, 2.75) is 45.1 Å². The number of primary amides is 1. The molecule has 9 nitrogen and oxygen atoms in total. The number of nitrogens with one attached hydrogen (secondary N) is 2. The fourth-order valence-corrected chi connectivity index (χ4v) is 5.26. The number of aliphatic hydroxyl groups excluding tert-OH is 1. The number of rotatable bonds is 10. The average Bonchev–Trinajstić information content (AvgIpc) is 3.04. The summed E-state index contributed by atoms with van der Waals surface area (Å²) < 4.78 is 5.98. The lowest BCUT2D eigenvalue weighted by Crippen LogP contribution is -2.58. The summed E-state index contributed by atoms with van der Waals surface area (Å²) in [6.07, 6.45) is 1.70. The largest absolute Gasteiger partial charge is 0.489 e. The van der Waals surface area contributed by atoms with Crippen LogP contribution < -0.4 is 15.8 Å². The van der Waals surface area contributed by atoms with E-state index in [0.717, 1.165) is 48.0 Å². The van der Waals surface area contributed by atoms with Crippen molar-refractivity contribution in [1.82, 2.24) is 20.1 Å². The van der Waals surface area contributed by atoms with Gasteiger partial charge in [-0.3, -0.25) is 14.5 Å². The molecule has 204 valence electrons. The van der Waals surface area contributed by atoms with E-state index in [1.54, 1.807) is 24.3 Å². The lowest BCUT2D eigenvalue weighted by atomic mass is 10.0. The first kappa shape index (κ1) is 27.6. The van der Waals surface area contributed by atoms with Crippen LogP contribution >= 0.6 is 0 Å². The molecule has 2 unspecified atom stereocenters. The van der Waals surface area contributed by atoms with Gasteiger partial charge in [-0.15, -0.1) is 0 Å². The number of benzene rings is 2. The fourth-order valence-electron chi connectivity index (χ4n) is 5.26. The smallest absolute Gasteiger partial charge is 0.252 e. The summed E-state index contributed by atoms with van der Waals surface area (Å²) in [6.45, 7) is 4.68. The molecule has 0 aliphatic carbocycles. The zero-order chi connectivity index (χ0) is 27.2. The number of fused-ring (bicyclic) bond motifs is 1. The van der Waals surface area contributed by atoms with E-state index in [4.69, 9.17) is 10.5 Å². The highest BCUT2D eigenvalue weighted by molar-refractivity contribution is 5.97. The molecule has 0 bridgehead atoms. The van der Waals surface area contributed by atoms with Crippen LogP contribution in [0.15, 0.2) is 48.5 Å². The average molecular weight is 522 g/mol. The molecule has 5 N–H and O–H groups in total. The number of aliphatic hydroxyl groups is 1. The number of aromatic amines is 1. The SMILES string of the molecule is Cc1[nH]c2ccccc2c1COc1ccc(C(=O)N[C@H](C(N)=O)C(O)N2CCCC(CN(C)C)CC2)cc1. The van der Waals surface area contributed by atoms with Gasteiger partial charge >= 0.3 is 0 Å². The summed E-state index contributed by atoms with van der Waals surface area (Å²) in [5.74, 6) is -0.0971. The van der Waals surface area contributed by atoms with Crippen molar-refractivity contribution in [1.29, 1.82) is 0 Å². The van der Waals surface area contributed by atoms with Crippen molar-refractivity contribution in [3.05, 3.63) is 65.4 Å². The second kappa shape index (κ2) is 12.4. The zero-order valence-corrected chi connectivity index (χ0v) is 22.4. The summed E-state index contributed by atoms with van der Waals surface area (Å²) in [5.41, 5.74) is 9.15. The minimum absolute atomic E-state index is 0.348. The van der Waals surface area contributed by atoms with Gasteiger partial charge in [-0.05, 0) is 76.5 Å². The van der Waals surface area contributed by atoms with Crippen LogP contribution in [-0.2, 0) is 11.4 Å². The predicted octanol–water partition coefficient (Wildman–Crippen LogP) is 2.62. The Morgan fingerprint density at radius 1 is 1.16 bits per heavy atom. The molecule has 0 spiro atoms. The number of hydrogen-bond donors (Lipinski definition) is 4. The first-order valence-corrected chi connectivity index (χ1v) is 13.2. The predicted molar refractivity (Wildman–Crippen MR) is 148 cm³/mol. The van der Waals surface area contributed by atoms with Gasteiger partial charge in [0.25, 0.3) is 5.91 Å². The van der Waals surface area contributed by atoms with Crippen LogP contribution in [0.3, 0.4) is 0 Å². The number of nitrogens with two attached hydrogens (primary N) is 1. The number of aryl methyl sites for hydroxylation is 1. The van der Waals surface area contributed by atoms with Crippen molar-refractivity contribution in [2.75, 3.05) is 33.7 Å². The molecule has 2 heterocycles. The van der Waals surface area contributed by atoms with Gasteiger partial charge in [-0.1, -0.05) is 18.2 Å². The van der Waals surface area contributed by atoms with Crippen LogP contribution in [0.4, 0.5) is 0 Å². The molecule has 38 heavy (non-hydrogen) atoms. The van der Waals surface area contributed by atoms with Gasteiger partial charge in [0.15, 0.2) is 0 Å². The standard InChI is InChI=1S/C29H39N5O4/c1-19-24(23-8-4-5-9-25(23)31-19)18-38-22-12-10-21(11-13-22)28(36)32-26(27(30)35)29(37)34-15-6-7-20(14-16-34)17-33(2)3/h4-5,8-13,20,26,29,31,37H,6-7,14-18H2,1-3H3,(H2,30,35)(H,32,36)/t20?,26-,29?/m1/s1. The molecule has 2 aromatic carbocycles. The van der Waals surface area contributed by atoms with Crippen molar-refractivity contribution >= 4 is 22.7 Å². The summed E-state index contributed by atoms with van der Waals surface area (Å²) >= 11 is 0. The monoisotopic (exact) mass is 521 g/mol. The van der Waals surface area contributed by atoms with E-state index in [-0.39, 0.29) is 0 Å². The van der Waals surface area contributed by atoms with E-state index in [2.05, 4.69) is 35.4 Å². The molecule has 1 aliphatic rings. The second-order valence-electron chi connectivity index (χ2n) is 10.4. The molecule has 1 aliphatic heterocycles. The summed E-state index contributed by atoms with van der Waals surface area (Å²) in [7, 11) is 4.11. The van der Waals surface area contributed by atoms with Crippen LogP contribution in [0.2, 0.25) is 0 Å². The number of ether oxygens (including phenoxy) is 1. The fraction of sp³-hybridized carbons (Fsp3) is 0.448. The van der Waals surface area contributed by atoms with Gasteiger partial charge in [0.2, 0.25) is 5.91 Å². The Balaban J connectivity index is 1.35. The molecule has 1 fully saturated rings. The number of hydrogen-bond acceptors (Lipinski definition) is 6. The highest BCUT2D eigenvalue weighted by Crippen LogP contribution is 2.24. The molecule has 0 radical (unpaired) electrons. The van der Waals surface area contributed by atoms with Gasteiger partial charge < -0.3 is 30.8 Å². The number of para-hydroxylation sites is 1. The van der Waals surface area contributed by atoms with Gasteiger partial charge in [0, 0.05) is 47.4 Å². The van der Waals surface area contributed by atoms with Gasteiger partial charge in [0.1, 0.15) is 24.6 Å². The summed E-state index contributed by atoms with van der Waals surface area (Å²) in [5, 5.41) is 14.7. The van der Waals surface area contributed by atoms with Crippen LogP contribution in [0.1, 0.15) is 40.9 Å². The van der Waals surface area contributed by atoms with Crippen LogP contribution in [0, 0.1) is 12.8 Å². The minimum atomic E-state index is -1.21. The van der Waals surface area contributed by atoms with E-state index < -0.39 is 24.1 Å². The van der Waals surface area contributed by atoms with Crippen LogP contribution in [-0.4, -0.2) is 77.7 Å². The molecule has 2 amide bonds. The number of carbonyl (C=O) groups is 2. The van der Waals surface area contributed by atoms with Crippen LogP contribution in [0.5, 0.6) is 5.75 Å². The van der Waals surface area contributed by atoms with Gasteiger partial charge in [0.05, 0.1) is 0 Å². The molecule has 9 heteroatoms. The number of H-pyrrole nitrogens is 1. The third-order valence-corrected chi connectivity index (χ3v) is 7.30. The Morgan fingerprint density at radius 3 is 2.61 bits per heavy atom. The summed E-state index contributed by atoms with van der Waals surface area (Å²) in [4.78, 5) is 32.5. The maximum Gasteiger partial charge on any atom is 0.252 e. The van der Waals surface area contributed by atoms with E-state index in [1.165, 1.54) is 0 Å². The van der Waals surface area contributed by atoms with E-state index in [1.807, 2.05) is 30.0 Å². The minimum Gasteiger partial charge on any atom is -0.489 e. The Labute approximate surface area is 223 Å². The normalized spacial score (nSPS) is 18.2. The number of nitrogens with zero attached hydrogens (tertiary/aromatic N) is 2. The zero-order valence-electron chi connectivity index (χ0n) is 22.4. The van der Waals surface area contributed by atoms with Crippen molar-refractivity contribution in [3.8, 4) is 5.75 Å². The highest BCUT2D eigenvalue weighted by Gasteiger charge is 2.33. The quantitative estimate of drug-likeness (QED) is 0.325. The third kappa shape index (κ3) is 6.72. The molecule has 3 atom stereocenters. The number of carbonyl (C=O) groups excluding carboxylic acids is 2.